The third-order valence-electron chi connectivity index (χ3n) is 3.79. The number of hydrogen-bond donors (Lipinski definition) is 1. The number of ether oxygens (including phenoxy) is 1. The minimum absolute atomic E-state index is 0.0118. The van der Waals surface area contributed by atoms with Crippen molar-refractivity contribution in [2.24, 2.45) is 11.8 Å². The average Bonchev–Trinajstić information content (AvgIpc) is 2.41. The molecular weight excluding hydrogens is 178 g/mol. The van der Waals surface area contributed by atoms with E-state index in [0.29, 0.717) is 5.92 Å². The van der Waals surface area contributed by atoms with Crippen LogP contribution in [-0.2, 0) is 9.53 Å². The van der Waals surface area contributed by atoms with E-state index in [1.807, 2.05) is 6.92 Å². The third kappa shape index (κ3) is 1.18. The van der Waals surface area contributed by atoms with Gasteiger partial charge >= 0.3 is 0 Å². The van der Waals surface area contributed by atoms with Crippen molar-refractivity contribution in [1.29, 1.82) is 0 Å². The van der Waals surface area contributed by atoms with Gasteiger partial charge in [0.1, 0.15) is 0 Å². The van der Waals surface area contributed by atoms with Gasteiger partial charge in [-0.2, -0.15) is 0 Å². The van der Waals surface area contributed by atoms with Crippen LogP contribution in [0.2, 0.25) is 0 Å². The molecule has 2 fully saturated rings. The van der Waals surface area contributed by atoms with Crippen molar-refractivity contribution in [2.45, 2.75) is 45.3 Å². The van der Waals surface area contributed by atoms with E-state index >= 15 is 0 Å². The van der Waals surface area contributed by atoms with Crippen LogP contribution in [0.25, 0.3) is 0 Å². The lowest BCUT2D eigenvalue weighted by atomic mass is 9.76. The zero-order valence-corrected chi connectivity index (χ0v) is 9.17. The lowest BCUT2D eigenvalue weighted by molar-refractivity contribution is -0.123. The first-order valence-electron chi connectivity index (χ1n) is 5.51. The first-order valence-corrected chi connectivity index (χ1v) is 5.51. The summed E-state index contributed by atoms with van der Waals surface area (Å²) in [5.41, 5.74) is -0.0885. The van der Waals surface area contributed by atoms with E-state index in [9.17, 15) is 4.79 Å². The molecule has 2 heterocycles. The van der Waals surface area contributed by atoms with E-state index in [1.54, 1.807) is 0 Å². The Bertz CT molecular complexity index is 252. The molecule has 0 spiro atoms. The molecule has 0 aromatic rings. The molecule has 14 heavy (non-hydrogen) atoms. The van der Waals surface area contributed by atoms with Crippen LogP contribution in [0.3, 0.4) is 0 Å². The zero-order valence-electron chi connectivity index (χ0n) is 9.17. The topological polar surface area (TPSA) is 38.3 Å². The summed E-state index contributed by atoms with van der Waals surface area (Å²) in [6.45, 7) is 7.11. The maximum atomic E-state index is 11.7. The van der Waals surface area contributed by atoms with Crippen LogP contribution in [-0.4, -0.2) is 24.2 Å². The minimum Gasteiger partial charge on any atom is -0.375 e. The summed E-state index contributed by atoms with van der Waals surface area (Å²) in [6, 6.07) is 0. The number of fused-ring (bicyclic) bond motifs is 1. The summed E-state index contributed by atoms with van der Waals surface area (Å²) in [5.74, 6) is 0.616. The van der Waals surface area contributed by atoms with E-state index in [0.717, 1.165) is 19.4 Å². The molecular formula is C11H19NO2. The van der Waals surface area contributed by atoms with Gasteiger partial charge in [0.25, 0.3) is 0 Å². The minimum atomic E-state index is -0.0885. The summed E-state index contributed by atoms with van der Waals surface area (Å²) in [5, 5.41) is 3.15. The molecule has 80 valence electrons. The SMILES string of the molecule is CC1C(=O)NC2(C(C)C)CCCOC12. The van der Waals surface area contributed by atoms with Gasteiger partial charge in [-0.05, 0) is 18.8 Å². The van der Waals surface area contributed by atoms with Gasteiger partial charge in [0.15, 0.2) is 0 Å². The second-order valence-electron chi connectivity index (χ2n) is 4.87. The number of carbonyl (C=O) groups is 1. The van der Waals surface area contributed by atoms with Crippen molar-refractivity contribution in [3.63, 3.8) is 0 Å². The molecule has 3 heteroatoms. The smallest absolute Gasteiger partial charge is 0.226 e. The fourth-order valence-corrected chi connectivity index (χ4v) is 2.83. The van der Waals surface area contributed by atoms with Crippen LogP contribution in [0, 0.1) is 11.8 Å². The van der Waals surface area contributed by atoms with Gasteiger partial charge in [-0.25, -0.2) is 0 Å². The molecule has 0 bridgehead atoms. The molecule has 0 aromatic heterocycles. The quantitative estimate of drug-likeness (QED) is 0.688. The van der Waals surface area contributed by atoms with Gasteiger partial charge in [0.05, 0.1) is 17.6 Å². The molecule has 0 aromatic carbocycles. The van der Waals surface area contributed by atoms with E-state index in [2.05, 4.69) is 19.2 Å². The molecule has 0 aliphatic carbocycles. The molecule has 3 atom stereocenters. The van der Waals surface area contributed by atoms with E-state index in [-0.39, 0.29) is 23.5 Å². The lowest BCUT2D eigenvalue weighted by Gasteiger charge is -2.42. The third-order valence-corrected chi connectivity index (χ3v) is 3.79. The Labute approximate surface area is 85.2 Å². The molecule has 0 radical (unpaired) electrons. The number of hydrogen-bond acceptors (Lipinski definition) is 2. The van der Waals surface area contributed by atoms with Crippen molar-refractivity contribution < 1.29 is 9.53 Å². The summed E-state index contributed by atoms with van der Waals surface area (Å²) < 4.78 is 5.77. The van der Waals surface area contributed by atoms with Crippen molar-refractivity contribution in [3.8, 4) is 0 Å². The van der Waals surface area contributed by atoms with Crippen molar-refractivity contribution in [2.75, 3.05) is 6.61 Å². The van der Waals surface area contributed by atoms with Gasteiger partial charge < -0.3 is 10.1 Å². The maximum absolute atomic E-state index is 11.7. The highest BCUT2D eigenvalue weighted by atomic mass is 16.5. The second-order valence-corrected chi connectivity index (χ2v) is 4.87. The molecule has 2 aliphatic rings. The molecule has 3 unspecified atom stereocenters. The van der Waals surface area contributed by atoms with Gasteiger partial charge in [0, 0.05) is 6.61 Å². The van der Waals surface area contributed by atoms with Crippen LogP contribution in [0.5, 0.6) is 0 Å². The largest absolute Gasteiger partial charge is 0.375 e. The monoisotopic (exact) mass is 197 g/mol. The molecule has 3 nitrogen and oxygen atoms in total. The Morgan fingerprint density at radius 2 is 2.29 bits per heavy atom. The highest BCUT2D eigenvalue weighted by molar-refractivity contribution is 5.83. The predicted molar refractivity (Wildman–Crippen MR) is 53.8 cm³/mol. The summed E-state index contributed by atoms with van der Waals surface area (Å²) >= 11 is 0. The second kappa shape index (κ2) is 3.23. The first kappa shape index (κ1) is 9.97. The standard InChI is InChI=1S/C11H19NO2/c1-7(2)11-5-4-6-14-9(11)8(3)10(13)12-11/h7-9H,4-6H2,1-3H3,(H,12,13). The number of carbonyl (C=O) groups excluding carboxylic acids is 1. The normalized spacial score (nSPS) is 42.4. The van der Waals surface area contributed by atoms with Crippen LogP contribution in [0.4, 0.5) is 0 Å². The highest BCUT2D eigenvalue weighted by Gasteiger charge is 2.54. The fourth-order valence-electron chi connectivity index (χ4n) is 2.83. The Kier molecular flexibility index (Phi) is 2.30. The fraction of sp³-hybridized carbons (Fsp3) is 0.909. The van der Waals surface area contributed by atoms with Gasteiger partial charge in [-0.3, -0.25) is 4.79 Å². The van der Waals surface area contributed by atoms with E-state index < -0.39 is 0 Å². The maximum Gasteiger partial charge on any atom is 0.226 e. The average molecular weight is 197 g/mol. The predicted octanol–water partition coefficient (Wildman–Crippen LogP) is 1.33. The Morgan fingerprint density at radius 1 is 1.57 bits per heavy atom. The molecule has 2 aliphatic heterocycles. The molecule has 1 N–H and O–H groups in total. The Hall–Kier alpha value is -0.570. The van der Waals surface area contributed by atoms with Crippen LogP contribution in [0.15, 0.2) is 0 Å². The van der Waals surface area contributed by atoms with Crippen LogP contribution in [0.1, 0.15) is 33.6 Å². The van der Waals surface area contributed by atoms with E-state index in [1.165, 1.54) is 0 Å². The number of nitrogens with one attached hydrogen (secondary N) is 1. The first-order chi connectivity index (χ1) is 6.58. The number of rotatable bonds is 1. The summed E-state index contributed by atoms with van der Waals surface area (Å²) in [6.07, 6.45) is 2.20. The Balaban J connectivity index is 2.31. The lowest BCUT2D eigenvalue weighted by Crippen LogP contribution is -2.56. The van der Waals surface area contributed by atoms with Crippen molar-refractivity contribution in [1.82, 2.24) is 5.32 Å². The summed E-state index contributed by atoms with van der Waals surface area (Å²) in [4.78, 5) is 11.7. The molecule has 1 amide bonds. The van der Waals surface area contributed by atoms with Crippen LogP contribution < -0.4 is 5.32 Å². The van der Waals surface area contributed by atoms with Gasteiger partial charge in [-0.1, -0.05) is 20.8 Å². The summed E-state index contributed by atoms with van der Waals surface area (Å²) in [7, 11) is 0. The molecule has 2 rings (SSSR count). The van der Waals surface area contributed by atoms with Crippen molar-refractivity contribution >= 4 is 5.91 Å². The number of amides is 1. The Morgan fingerprint density at radius 3 is 2.86 bits per heavy atom. The molecule has 2 saturated heterocycles. The zero-order chi connectivity index (χ0) is 10.3. The molecule has 0 saturated carbocycles. The van der Waals surface area contributed by atoms with Gasteiger partial charge in [-0.15, -0.1) is 0 Å². The van der Waals surface area contributed by atoms with Gasteiger partial charge in [0.2, 0.25) is 5.91 Å². The van der Waals surface area contributed by atoms with E-state index in [4.69, 9.17) is 4.74 Å². The van der Waals surface area contributed by atoms with Crippen LogP contribution >= 0.6 is 0 Å². The van der Waals surface area contributed by atoms with Crippen molar-refractivity contribution in [3.05, 3.63) is 0 Å². The highest BCUT2D eigenvalue weighted by Crippen LogP contribution is 2.40.